The van der Waals surface area contributed by atoms with Crippen LogP contribution in [0.15, 0.2) is 29.2 Å². The molecule has 1 amide bonds. The molecular formula is C11H16N2O5S. The Morgan fingerprint density at radius 1 is 1.32 bits per heavy atom. The number of hydrogen-bond acceptors (Lipinski definition) is 5. The number of primary amides is 1. The number of sulfonamides is 1. The minimum atomic E-state index is -3.56. The van der Waals surface area contributed by atoms with Gasteiger partial charge in [-0.15, -0.1) is 0 Å². The maximum atomic E-state index is 11.8. The lowest BCUT2D eigenvalue weighted by Crippen LogP contribution is -2.26. The number of rotatable bonds is 7. The number of nitrogens with one attached hydrogen (secondary N) is 1. The van der Waals surface area contributed by atoms with E-state index in [1.807, 2.05) is 0 Å². The topological polar surface area (TPSA) is 108 Å². The zero-order chi connectivity index (χ0) is 14.3. The zero-order valence-corrected chi connectivity index (χ0v) is 11.3. The van der Waals surface area contributed by atoms with Crippen molar-refractivity contribution < 1.29 is 22.7 Å². The molecule has 0 aliphatic carbocycles. The molecule has 0 aliphatic heterocycles. The highest BCUT2D eigenvalue weighted by molar-refractivity contribution is 7.89. The monoisotopic (exact) mass is 288 g/mol. The fourth-order valence-electron chi connectivity index (χ4n) is 1.29. The van der Waals surface area contributed by atoms with Crippen molar-refractivity contribution >= 4 is 16.1 Å². The van der Waals surface area contributed by atoms with Crippen LogP contribution in [0.3, 0.4) is 0 Å². The van der Waals surface area contributed by atoms with E-state index in [1.54, 1.807) is 12.1 Å². The summed E-state index contributed by atoms with van der Waals surface area (Å²) in [6.45, 7) is 0.224. The third-order valence-corrected chi connectivity index (χ3v) is 3.70. The van der Waals surface area contributed by atoms with E-state index in [0.717, 1.165) is 0 Å². The first-order chi connectivity index (χ1) is 8.95. The lowest BCUT2D eigenvalue weighted by atomic mass is 10.3. The quantitative estimate of drug-likeness (QED) is 0.709. The van der Waals surface area contributed by atoms with E-state index in [2.05, 4.69) is 9.46 Å². The molecule has 0 spiro atoms. The van der Waals surface area contributed by atoms with Gasteiger partial charge in [0.2, 0.25) is 10.0 Å². The molecule has 0 fully saturated rings. The van der Waals surface area contributed by atoms with Crippen molar-refractivity contribution in [2.45, 2.75) is 11.3 Å². The molecule has 0 saturated carbocycles. The third-order valence-electron chi connectivity index (χ3n) is 2.23. The molecule has 7 nitrogen and oxygen atoms in total. The SMILES string of the molecule is COc1ccc(S(=O)(=O)NCCCOC(N)=O)cc1. The van der Waals surface area contributed by atoms with Gasteiger partial charge in [-0.2, -0.15) is 0 Å². The number of carbonyl (C=O) groups excluding carboxylic acids is 1. The summed E-state index contributed by atoms with van der Waals surface area (Å²) in [6, 6.07) is 6.01. The molecule has 0 unspecified atom stereocenters. The van der Waals surface area contributed by atoms with Gasteiger partial charge in [-0.1, -0.05) is 0 Å². The van der Waals surface area contributed by atoms with Crippen molar-refractivity contribution in [3.63, 3.8) is 0 Å². The molecule has 106 valence electrons. The average molecular weight is 288 g/mol. The molecule has 0 aliphatic rings. The molecule has 0 atom stereocenters. The molecule has 0 bridgehead atoms. The van der Waals surface area contributed by atoms with Gasteiger partial charge in [-0.3, -0.25) is 0 Å². The fourth-order valence-corrected chi connectivity index (χ4v) is 2.36. The minimum absolute atomic E-state index is 0.0699. The van der Waals surface area contributed by atoms with Crippen molar-refractivity contribution in [1.82, 2.24) is 4.72 Å². The van der Waals surface area contributed by atoms with E-state index in [4.69, 9.17) is 10.5 Å². The Hall–Kier alpha value is -1.80. The Labute approximate surface area is 111 Å². The largest absolute Gasteiger partial charge is 0.497 e. The molecule has 1 aromatic carbocycles. The maximum Gasteiger partial charge on any atom is 0.404 e. The van der Waals surface area contributed by atoms with Crippen LogP contribution in [0.4, 0.5) is 4.79 Å². The molecule has 1 aromatic rings. The molecule has 8 heteroatoms. The molecular weight excluding hydrogens is 272 g/mol. The van der Waals surface area contributed by atoms with Crippen LogP contribution in [0, 0.1) is 0 Å². The molecule has 0 saturated heterocycles. The van der Waals surface area contributed by atoms with Gasteiger partial charge in [0.05, 0.1) is 18.6 Å². The lowest BCUT2D eigenvalue weighted by Gasteiger charge is -2.07. The molecule has 3 N–H and O–H groups in total. The minimum Gasteiger partial charge on any atom is -0.497 e. The predicted octanol–water partition coefficient (Wildman–Crippen LogP) is 0.459. The van der Waals surface area contributed by atoms with Crippen LogP contribution in [0.2, 0.25) is 0 Å². The second-order valence-corrected chi connectivity index (χ2v) is 5.36. The van der Waals surface area contributed by atoms with E-state index < -0.39 is 16.1 Å². The number of ether oxygens (including phenoxy) is 2. The summed E-state index contributed by atoms with van der Waals surface area (Å²) in [5.74, 6) is 0.578. The first-order valence-electron chi connectivity index (χ1n) is 5.51. The van der Waals surface area contributed by atoms with Gasteiger partial charge in [-0.05, 0) is 30.7 Å². The number of nitrogens with two attached hydrogens (primary N) is 1. The molecule has 0 aromatic heterocycles. The van der Waals surface area contributed by atoms with E-state index >= 15 is 0 Å². The smallest absolute Gasteiger partial charge is 0.404 e. The predicted molar refractivity (Wildman–Crippen MR) is 68.3 cm³/mol. The van der Waals surface area contributed by atoms with Gasteiger partial charge in [-0.25, -0.2) is 17.9 Å². The Balaban J connectivity index is 2.48. The average Bonchev–Trinajstić information content (AvgIpc) is 2.38. The van der Waals surface area contributed by atoms with Gasteiger partial charge in [0.25, 0.3) is 0 Å². The zero-order valence-electron chi connectivity index (χ0n) is 10.5. The van der Waals surface area contributed by atoms with Gasteiger partial charge in [0.15, 0.2) is 0 Å². The van der Waals surface area contributed by atoms with E-state index in [-0.39, 0.29) is 18.0 Å². The van der Waals surface area contributed by atoms with E-state index in [9.17, 15) is 13.2 Å². The van der Waals surface area contributed by atoms with Crippen LogP contribution in [0.5, 0.6) is 5.75 Å². The van der Waals surface area contributed by atoms with Gasteiger partial charge in [0.1, 0.15) is 5.75 Å². The maximum absolute atomic E-state index is 11.8. The summed E-state index contributed by atoms with van der Waals surface area (Å²) < 4.78 is 35.5. The number of amides is 1. The second kappa shape index (κ2) is 6.95. The Bertz CT molecular complexity index is 512. The number of benzene rings is 1. The van der Waals surface area contributed by atoms with Gasteiger partial charge in [0, 0.05) is 6.54 Å². The Kier molecular flexibility index (Phi) is 5.58. The van der Waals surface area contributed by atoms with E-state index in [0.29, 0.717) is 12.2 Å². The summed E-state index contributed by atoms with van der Waals surface area (Å²) in [5, 5.41) is 0. The number of carbonyl (C=O) groups is 1. The van der Waals surface area contributed by atoms with Crippen molar-refractivity contribution in [2.75, 3.05) is 20.3 Å². The lowest BCUT2D eigenvalue weighted by molar-refractivity contribution is 0.156. The van der Waals surface area contributed by atoms with Gasteiger partial charge < -0.3 is 15.2 Å². The Morgan fingerprint density at radius 3 is 2.47 bits per heavy atom. The van der Waals surface area contributed by atoms with E-state index in [1.165, 1.54) is 19.2 Å². The van der Waals surface area contributed by atoms with Crippen LogP contribution < -0.4 is 15.2 Å². The van der Waals surface area contributed by atoms with Crippen LogP contribution in [0.25, 0.3) is 0 Å². The highest BCUT2D eigenvalue weighted by Crippen LogP contribution is 2.15. The molecule has 1 rings (SSSR count). The van der Waals surface area contributed by atoms with Crippen LogP contribution in [0.1, 0.15) is 6.42 Å². The molecule has 0 heterocycles. The van der Waals surface area contributed by atoms with Crippen molar-refractivity contribution in [3.8, 4) is 5.75 Å². The summed E-state index contributed by atoms with van der Waals surface area (Å²) in [7, 11) is -2.06. The highest BCUT2D eigenvalue weighted by Gasteiger charge is 2.12. The summed E-state index contributed by atoms with van der Waals surface area (Å²) in [4.78, 5) is 10.4. The summed E-state index contributed by atoms with van der Waals surface area (Å²) in [5.41, 5.74) is 4.77. The summed E-state index contributed by atoms with van der Waals surface area (Å²) >= 11 is 0. The van der Waals surface area contributed by atoms with Crippen molar-refractivity contribution in [1.29, 1.82) is 0 Å². The molecule has 0 radical (unpaired) electrons. The first-order valence-corrected chi connectivity index (χ1v) is 7.00. The standard InChI is InChI=1S/C11H16N2O5S/c1-17-9-3-5-10(6-4-9)19(15,16)13-7-2-8-18-11(12)14/h3-6,13H,2,7-8H2,1H3,(H2,12,14). The van der Waals surface area contributed by atoms with Crippen LogP contribution in [-0.2, 0) is 14.8 Å². The van der Waals surface area contributed by atoms with Crippen LogP contribution >= 0.6 is 0 Å². The normalized spacial score (nSPS) is 11.0. The number of hydrogen-bond donors (Lipinski definition) is 2. The number of methoxy groups -OCH3 is 1. The van der Waals surface area contributed by atoms with Crippen LogP contribution in [-0.4, -0.2) is 34.8 Å². The van der Waals surface area contributed by atoms with Crippen molar-refractivity contribution in [2.24, 2.45) is 5.73 Å². The fraction of sp³-hybridized carbons (Fsp3) is 0.364. The second-order valence-electron chi connectivity index (χ2n) is 3.59. The van der Waals surface area contributed by atoms with Crippen molar-refractivity contribution in [3.05, 3.63) is 24.3 Å². The Morgan fingerprint density at radius 2 is 1.95 bits per heavy atom. The first kappa shape index (κ1) is 15.3. The molecule has 19 heavy (non-hydrogen) atoms. The highest BCUT2D eigenvalue weighted by atomic mass is 32.2. The summed E-state index contributed by atoms with van der Waals surface area (Å²) in [6.07, 6.45) is -0.531. The third kappa shape index (κ3) is 5.14. The van der Waals surface area contributed by atoms with Gasteiger partial charge >= 0.3 is 6.09 Å².